The second kappa shape index (κ2) is 10.1. The Balaban J connectivity index is 1.55. The maximum absolute atomic E-state index is 14.0. The number of carbonyl (C=O) groups is 1. The molecule has 1 aromatic carbocycles. The molecule has 1 aliphatic rings. The summed E-state index contributed by atoms with van der Waals surface area (Å²) in [5.41, 5.74) is 7.82. The van der Waals surface area contributed by atoms with E-state index in [1.807, 2.05) is 73.7 Å². The van der Waals surface area contributed by atoms with E-state index in [0.717, 1.165) is 33.6 Å². The zero-order valence-corrected chi connectivity index (χ0v) is 22.4. The van der Waals surface area contributed by atoms with Crippen LogP contribution in [0.4, 0.5) is 0 Å². The Morgan fingerprint density at radius 3 is 2.58 bits per heavy atom. The van der Waals surface area contributed by atoms with E-state index < -0.39 is 0 Å². The van der Waals surface area contributed by atoms with Crippen LogP contribution >= 0.6 is 0 Å². The number of nitrogens with zero attached hydrogens (tertiary/aromatic N) is 7. The summed E-state index contributed by atoms with van der Waals surface area (Å²) in [6.07, 6.45) is 8.07. The van der Waals surface area contributed by atoms with Crippen LogP contribution in [0.25, 0.3) is 11.1 Å². The summed E-state index contributed by atoms with van der Waals surface area (Å²) in [6, 6.07) is 7.81. The molecule has 0 N–H and O–H groups in total. The van der Waals surface area contributed by atoms with E-state index in [0.29, 0.717) is 48.7 Å². The fourth-order valence-corrected chi connectivity index (χ4v) is 5.21. The number of rotatable bonds is 7. The maximum atomic E-state index is 14.0. The van der Waals surface area contributed by atoms with Gasteiger partial charge >= 0.3 is 0 Å². The molecule has 0 fully saturated rings. The Bertz CT molecular complexity index is 1560. The molecule has 9 heteroatoms. The number of carbonyl (C=O) groups excluding carboxylic acids is 1. The lowest BCUT2D eigenvalue weighted by Gasteiger charge is -2.34. The Kier molecular flexibility index (Phi) is 6.72. The molecule has 194 valence electrons. The third-order valence-electron chi connectivity index (χ3n) is 7.04. The van der Waals surface area contributed by atoms with E-state index in [-0.39, 0.29) is 11.9 Å². The number of nitriles is 1. The molecule has 5 rings (SSSR count). The van der Waals surface area contributed by atoms with E-state index in [1.54, 1.807) is 6.07 Å². The summed E-state index contributed by atoms with van der Waals surface area (Å²) in [5, 5.41) is 14.0. The number of benzene rings is 1. The van der Waals surface area contributed by atoms with Crippen molar-refractivity contribution in [2.24, 2.45) is 7.05 Å². The van der Waals surface area contributed by atoms with Crippen LogP contribution in [0.3, 0.4) is 0 Å². The van der Waals surface area contributed by atoms with Crippen LogP contribution in [-0.2, 0) is 20.0 Å². The average Bonchev–Trinajstić information content (AvgIpc) is 3.47. The van der Waals surface area contributed by atoms with Gasteiger partial charge in [-0.3, -0.25) is 14.5 Å². The van der Waals surface area contributed by atoms with E-state index in [2.05, 4.69) is 27.2 Å². The lowest BCUT2D eigenvalue weighted by molar-refractivity contribution is 0.0669. The number of aromatic nitrogens is 5. The Labute approximate surface area is 222 Å². The number of pyridine rings is 1. The predicted octanol–water partition coefficient (Wildman–Crippen LogP) is 4.37. The van der Waals surface area contributed by atoms with Gasteiger partial charge < -0.3 is 14.2 Å². The van der Waals surface area contributed by atoms with Crippen LogP contribution in [0.5, 0.6) is 5.75 Å². The molecule has 0 radical (unpaired) electrons. The molecule has 0 unspecified atom stereocenters. The highest BCUT2D eigenvalue weighted by Gasteiger charge is 2.32. The topological polar surface area (TPSA) is 102 Å². The van der Waals surface area contributed by atoms with Gasteiger partial charge in [-0.15, -0.1) is 0 Å². The molecule has 0 saturated heterocycles. The number of ether oxygens (including phenoxy) is 1. The van der Waals surface area contributed by atoms with Crippen molar-refractivity contribution < 1.29 is 9.53 Å². The van der Waals surface area contributed by atoms with E-state index >= 15 is 0 Å². The summed E-state index contributed by atoms with van der Waals surface area (Å²) in [7, 11) is 1.91. The highest BCUT2D eigenvalue weighted by Crippen LogP contribution is 2.36. The predicted molar refractivity (Wildman–Crippen MR) is 143 cm³/mol. The molecule has 0 spiro atoms. The minimum atomic E-state index is -0.286. The molecule has 0 saturated carbocycles. The third-order valence-corrected chi connectivity index (χ3v) is 7.04. The zero-order chi connectivity index (χ0) is 27.0. The van der Waals surface area contributed by atoms with Crippen molar-refractivity contribution in [1.82, 2.24) is 29.2 Å². The molecule has 1 atom stereocenters. The molecule has 1 aliphatic heterocycles. The molecule has 9 nitrogen and oxygen atoms in total. The molecule has 0 aliphatic carbocycles. The van der Waals surface area contributed by atoms with Gasteiger partial charge in [-0.1, -0.05) is 0 Å². The molecule has 38 heavy (non-hydrogen) atoms. The quantitative estimate of drug-likeness (QED) is 0.367. The summed E-state index contributed by atoms with van der Waals surface area (Å²) < 4.78 is 9.50. The van der Waals surface area contributed by atoms with Gasteiger partial charge in [0.2, 0.25) is 0 Å². The SMILES string of the molecule is CCOc1cc([C@H](C)N2CCc3c(cc(Cn4cnc(C)c4)cc3-c3cn(C)nc3C)C2=O)ncc1C#N. The molecule has 4 aromatic rings. The number of hydrogen-bond acceptors (Lipinski definition) is 6. The Morgan fingerprint density at radius 2 is 1.92 bits per heavy atom. The monoisotopic (exact) mass is 509 g/mol. The van der Waals surface area contributed by atoms with E-state index in [4.69, 9.17) is 4.74 Å². The maximum Gasteiger partial charge on any atom is 0.254 e. The first-order valence-corrected chi connectivity index (χ1v) is 12.8. The van der Waals surface area contributed by atoms with Crippen LogP contribution in [0.15, 0.2) is 43.1 Å². The van der Waals surface area contributed by atoms with Gasteiger partial charge in [-0.2, -0.15) is 10.4 Å². The van der Waals surface area contributed by atoms with Crippen molar-refractivity contribution in [3.63, 3.8) is 0 Å². The van der Waals surface area contributed by atoms with Crippen molar-refractivity contribution in [2.75, 3.05) is 13.2 Å². The van der Waals surface area contributed by atoms with Crippen molar-refractivity contribution in [2.45, 2.75) is 46.7 Å². The minimum absolute atomic E-state index is 0.0330. The standard InChI is InChI=1S/C29H31N7O2/c1-6-38-28-11-27(31-13-22(28)12-30)20(4)36-8-7-23-24(26-16-34(5)33-19(26)3)9-21(10-25(23)29(36)37)15-35-14-18(2)32-17-35/h9-11,13-14,16-17,20H,6-8,15H2,1-5H3/t20-/m0/s1. The molecule has 1 amide bonds. The van der Waals surface area contributed by atoms with Gasteiger partial charge in [0.1, 0.15) is 17.4 Å². The second-order valence-corrected chi connectivity index (χ2v) is 9.73. The number of fused-ring (bicyclic) bond motifs is 1. The average molecular weight is 510 g/mol. The number of aryl methyl sites for hydroxylation is 3. The summed E-state index contributed by atoms with van der Waals surface area (Å²) >= 11 is 0. The molecular formula is C29H31N7O2. The largest absolute Gasteiger partial charge is 0.492 e. The molecule has 3 aromatic heterocycles. The number of amides is 1. The lowest BCUT2D eigenvalue weighted by atomic mass is 9.87. The lowest BCUT2D eigenvalue weighted by Crippen LogP contribution is -2.40. The van der Waals surface area contributed by atoms with Gasteiger partial charge in [0, 0.05) is 55.9 Å². The summed E-state index contributed by atoms with van der Waals surface area (Å²) in [5.74, 6) is 0.457. The fourth-order valence-electron chi connectivity index (χ4n) is 5.21. The number of imidazole rings is 1. The molecular weight excluding hydrogens is 478 g/mol. The van der Waals surface area contributed by atoms with E-state index in [1.165, 1.54) is 6.20 Å². The van der Waals surface area contributed by atoms with Crippen LogP contribution < -0.4 is 4.74 Å². The Morgan fingerprint density at radius 1 is 1.13 bits per heavy atom. The smallest absolute Gasteiger partial charge is 0.254 e. The highest BCUT2D eigenvalue weighted by atomic mass is 16.5. The van der Waals surface area contributed by atoms with Gasteiger partial charge in [-0.25, -0.2) is 4.98 Å². The van der Waals surface area contributed by atoms with Gasteiger partial charge in [-0.05, 0) is 62.9 Å². The molecule has 0 bridgehead atoms. The van der Waals surface area contributed by atoms with Gasteiger partial charge in [0.05, 0.1) is 36.1 Å². The summed E-state index contributed by atoms with van der Waals surface area (Å²) in [6.45, 7) is 9.42. The first-order chi connectivity index (χ1) is 18.3. The van der Waals surface area contributed by atoms with Crippen LogP contribution in [0.2, 0.25) is 0 Å². The van der Waals surface area contributed by atoms with Crippen LogP contribution in [0.1, 0.15) is 64.0 Å². The summed E-state index contributed by atoms with van der Waals surface area (Å²) in [4.78, 5) is 24.7. The van der Waals surface area contributed by atoms with Crippen molar-refractivity contribution in [3.8, 4) is 22.9 Å². The Hall–Kier alpha value is -4.45. The minimum Gasteiger partial charge on any atom is -0.492 e. The number of hydrogen-bond donors (Lipinski definition) is 0. The van der Waals surface area contributed by atoms with Gasteiger partial charge in [0.25, 0.3) is 5.91 Å². The van der Waals surface area contributed by atoms with Gasteiger partial charge in [0.15, 0.2) is 0 Å². The highest BCUT2D eigenvalue weighted by molar-refractivity contribution is 5.99. The van der Waals surface area contributed by atoms with Crippen LogP contribution in [0, 0.1) is 25.2 Å². The first kappa shape index (κ1) is 25.2. The molecule has 4 heterocycles. The zero-order valence-electron chi connectivity index (χ0n) is 22.4. The van der Waals surface area contributed by atoms with Crippen molar-refractivity contribution >= 4 is 5.91 Å². The first-order valence-electron chi connectivity index (χ1n) is 12.8. The third kappa shape index (κ3) is 4.65. The van der Waals surface area contributed by atoms with Crippen molar-refractivity contribution in [1.29, 1.82) is 5.26 Å². The normalized spacial score (nSPS) is 13.8. The van der Waals surface area contributed by atoms with Crippen molar-refractivity contribution in [3.05, 3.63) is 82.5 Å². The second-order valence-electron chi connectivity index (χ2n) is 9.73. The van der Waals surface area contributed by atoms with Crippen LogP contribution in [-0.4, -0.2) is 48.3 Å². The van der Waals surface area contributed by atoms with E-state index in [9.17, 15) is 10.1 Å². The fraction of sp³-hybridized carbons (Fsp3) is 0.345.